The van der Waals surface area contributed by atoms with Crippen LogP contribution in [0.4, 0.5) is 0 Å². The normalized spacial score (nSPS) is 28.3. The summed E-state index contributed by atoms with van der Waals surface area (Å²) in [7, 11) is 0. The lowest BCUT2D eigenvalue weighted by Crippen LogP contribution is -2.46. The van der Waals surface area contributed by atoms with E-state index in [2.05, 4.69) is 13.0 Å². The van der Waals surface area contributed by atoms with Crippen molar-refractivity contribution in [2.45, 2.75) is 26.7 Å². The molecule has 0 aromatic carbocycles. The molecule has 0 aromatic rings. The van der Waals surface area contributed by atoms with Crippen LogP contribution >= 0.6 is 0 Å². The van der Waals surface area contributed by atoms with E-state index in [1.165, 1.54) is 5.57 Å². The molecule has 2 heteroatoms. The van der Waals surface area contributed by atoms with E-state index >= 15 is 0 Å². The first-order valence-electron chi connectivity index (χ1n) is 4.54. The topological polar surface area (TPSA) is 40.5 Å². The van der Waals surface area contributed by atoms with E-state index in [-0.39, 0.29) is 18.6 Å². The fraction of sp³-hybridized carbons (Fsp3) is 0.800. The molecular formula is C10H18O2. The summed E-state index contributed by atoms with van der Waals surface area (Å²) >= 11 is 0. The monoisotopic (exact) mass is 170 g/mol. The highest BCUT2D eigenvalue weighted by Gasteiger charge is 2.46. The smallest absolute Gasteiger partial charge is 0.0515 e. The molecule has 0 aliphatic heterocycles. The van der Waals surface area contributed by atoms with Crippen molar-refractivity contribution in [3.63, 3.8) is 0 Å². The SMILES string of the molecule is C/C=C(\C)[C@H]1CCC1(CO)CO. The molecular weight excluding hydrogens is 152 g/mol. The van der Waals surface area contributed by atoms with Gasteiger partial charge in [0, 0.05) is 5.41 Å². The zero-order valence-electron chi connectivity index (χ0n) is 7.88. The van der Waals surface area contributed by atoms with Gasteiger partial charge in [-0.3, -0.25) is 0 Å². The van der Waals surface area contributed by atoms with Crippen LogP contribution in [0.2, 0.25) is 0 Å². The molecule has 0 spiro atoms. The summed E-state index contributed by atoms with van der Waals surface area (Å²) in [5.41, 5.74) is 1.08. The van der Waals surface area contributed by atoms with Crippen molar-refractivity contribution in [2.75, 3.05) is 13.2 Å². The Kier molecular flexibility index (Phi) is 2.91. The lowest BCUT2D eigenvalue weighted by molar-refractivity contribution is -0.0519. The predicted molar refractivity (Wildman–Crippen MR) is 48.8 cm³/mol. The molecule has 2 N–H and O–H groups in total. The summed E-state index contributed by atoms with van der Waals surface area (Å²) in [6.07, 6.45) is 4.14. The molecule has 0 amide bonds. The van der Waals surface area contributed by atoms with Crippen molar-refractivity contribution in [1.82, 2.24) is 0 Å². The zero-order chi connectivity index (χ0) is 9.19. The quantitative estimate of drug-likeness (QED) is 0.627. The lowest BCUT2D eigenvalue weighted by Gasteiger charge is -2.48. The van der Waals surface area contributed by atoms with E-state index in [0.29, 0.717) is 5.92 Å². The maximum atomic E-state index is 9.16. The van der Waals surface area contributed by atoms with E-state index in [0.717, 1.165) is 12.8 Å². The highest BCUT2D eigenvalue weighted by molar-refractivity contribution is 5.13. The third-order valence-corrected chi connectivity index (χ3v) is 3.30. The molecule has 1 fully saturated rings. The van der Waals surface area contributed by atoms with Gasteiger partial charge in [0.15, 0.2) is 0 Å². The van der Waals surface area contributed by atoms with Crippen LogP contribution in [0.1, 0.15) is 26.7 Å². The minimum Gasteiger partial charge on any atom is -0.396 e. The summed E-state index contributed by atoms with van der Waals surface area (Å²) in [4.78, 5) is 0. The zero-order valence-corrected chi connectivity index (χ0v) is 7.88. The standard InChI is InChI=1S/C10H18O2/c1-3-8(2)9-4-5-10(9,6-11)7-12/h3,9,11-12H,4-7H2,1-2H3/b8-3+/t9-/m1/s1. The lowest BCUT2D eigenvalue weighted by atomic mass is 9.58. The van der Waals surface area contributed by atoms with E-state index in [1.54, 1.807) is 0 Å². The van der Waals surface area contributed by atoms with Gasteiger partial charge in [-0.25, -0.2) is 0 Å². The predicted octanol–water partition coefficient (Wildman–Crippen LogP) is 1.33. The molecule has 0 bridgehead atoms. The highest BCUT2D eigenvalue weighted by atomic mass is 16.3. The average Bonchev–Trinajstić information content (AvgIpc) is 2.05. The third-order valence-electron chi connectivity index (χ3n) is 3.30. The van der Waals surface area contributed by atoms with E-state index in [4.69, 9.17) is 10.2 Å². The number of aliphatic hydroxyl groups is 2. The van der Waals surface area contributed by atoms with Crippen molar-refractivity contribution in [3.05, 3.63) is 11.6 Å². The molecule has 1 aliphatic carbocycles. The molecule has 1 atom stereocenters. The summed E-state index contributed by atoms with van der Waals surface area (Å²) < 4.78 is 0. The van der Waals surface area contributed by atoms with Gasteiger partial charge in [-0.15, -0.1) is 0 Å². The Morgan fingerprint density at radius 3 is 2.33 bits per heavy atom. The minimum absolute atomic E-state index is 0.110. The Morgan fingerprint density at radius 1 is 1.50 bits per heavy atom. The Labute approximate surface area is 73.9 Å². The van der Waals surface area contributed by atoms with Crippen LogP contribution in [0.5, 0.6) is 0 Å². The largest absolute Gasteiger partial charge is 0.396 e. The van der Waals surface area contributed by atoms with Crippen LogP contribution in [0.3, 0.4) is 0 Å². The Bertz CT molecular complexity index is 175. The Hall–Kier alpha value is -0.340. The number of allylic oxidation sites excluding steroid dienone is 2. The molecule has 70 valence electrons. The Balaban J connectivity index is 2.69. The second-order valence-electron chi connectivity index (χ2n) is 3.80. The van der Waals surface area contributed by atoms with Crippen molar-refractivity contribution in [1.29, 1.82) is 0 Å². The summed E-state index contributed by atoms with van der Waals surface area (Å²) in [5, 5.41) is 18.3. The van der Waals surface area contributed by atoms with Crippen molar-refractivity contribution in [2.24, 2.45) is 11.3 Å². The second kappa shape index (κ2) is 3.58. The van der Waals surface area contributed by atoms with Gasteiger partial charge in [-0.2, -0.15) is 0 Å². The van der Waals surface area contributed by atoms with Gasteiger partial charge in [-0.1, -0.05) is 11.6 Å². The van der Waals surface area contributed by atoms with Gasteiger partial charge < -0.3 is 10.2 Å². The number of hydrogen-bond acceptors (Lipinski definition) is 2. The number of rotatable bonds is 3. The van der Waals surface area contributed by atoms with Gasteiger partial charge in [0.05, 0.1) is 13.2 Å². The molecule has 1 saturated carbocycles. The molecule has 0 heterocycles. The maximum absolute atomic E-state index is 9.16. The first kappa shape index (κ1) is 9.75. The van der Waals surface area contributed by atoms with Crippen LogP contribution in [-0.4, -0.2) is 23.4 Å². The van der Waals surface area contributed by atoms with Crippen LogP contribution in [-0.2, 0) is 0 Å². The van der Waals surface area contributed by atoms with Crippen LogP contribution in [0.15, 0.2) is 11.6 Å². The van der Waals surface area contributed by atoms with Gasteiger partial charge in [-0.05, 0) is 32.6 Å². The number of hydrogen-bond donors (Lipinski definition) is 2. The maximum Gasteiger partial charge on any atom is 0.0515 e. The number of aliphatic hydroxyl groups excluding tert-OH is 2. The summed E-state index contributed by atoms with van der Waals surface area (Å²) in [6, 6.07) is 0. The summed E-state index contributed by atoms with van der Waals surface area (Å²) in [6.45, 7) is 4.30. The molecule has 0 unspecified atom stereocenters. The fourth-order valence-electron chi connectivity index (χ4n) is 2.04. The Morgan fingerprint density at radius 2 is 2.08 bits per heavy atom. The van der Waals surface area contributed by atoms with Gasteiger partial charge in [0.1, 0.15) is 0 Å². The molecule has 12 heavy (non-hydrogen) atoms. The average molecular weight is 170 g/mol. The van der Waals surface area contributed by atoms with Gasteiger partial charge in [0.2, 0.25) is 0 Å². The molecule has 0 aromatic heterocycles. The molecule has 1 rings (SSSR count). The van der Waals surface area contributed by atoms with Crippen LogP contribution in [0, 0.1) is 11.3 Å². The van der Waals surface area contributed by atoms with E-state index in [1.807, 2.05) is 6.92 Å². The van der Waals surface area contributed by atoms with E-state index in [9.17, 15) is 0 Å². The van der Waals surface area contributed by atoms with Crippen LogP contribution < -0.4 is 0 Å². The highest BCUT2D eigenvalue weighted by Crippen LogP contribution is 2.49. The van der Waals surface area contributed by atoms with Crippen molar-refractivity contribution in [3.8, 4) is 0 Å². The van der Waals surface area contributed by atoms with Gasteiger partial charge in [0.25, 0.3) is 0 Å². The van der Waals surface area contributed by atoms with Crippen molar-refractivity contribution >= 4 is 0 Å². The molecule has 2 nitrogen and oxygen atoms in total. The van der Waals surface area contributed by atoms with E-state index < -0.39 is 0 Å². The fourth-order valence-corrected chi connectivity index (χ4v) is 2.04. The molecule has 0 saturated heterocycles. The summed E-state index contributed by atoms with van der Waals surface area (Å²) in [5.74, 6) is 0.400. The second-order valence-corrected chi connectivity index (χ2v) is 3.80. The minimum atomic E-state index is -0.212. The first-order valence-corrected chi connectivity index (χ1v) is 4.54. The molecule has 0 radical (unpaired) electrons. The van der Waals surface area contributed by atoms with Crippen molar-refractivity contribution < 1.29 is 10.2 Å². The third kappa shape index (κ3) is 1.29. The van der Waals surface area contributed by atoms with Crippen LogP contribution in [0.25, 0.3) is 0 Å². The van der Waals surface area contributed by atoms with Gasteiger partial charge >= 0.3 is 0 Å². The molecule has 1 aliphatic rings. The first-order chi connectivity index (χ1) is 5.70.